The van der Waals surface area contributed by atoms with Crippen LogP contribution in [0.25, 0.3) is 0 Å². The summed E-state index contributed by atoms with van der Waals surface area (Å²) in [6.45, 7) is 2.46. The van der Waals surface area contributed by atoms with Crippen molar-refractivity contribution in [2.75, 3.05) is 18.0 Å². The van der Waals surface area contributed by atoms with Crippen LogP contribution in [-0.2, 0) is 9.59 Å². The Balaban J connectivity index is 2.21. The molecule has 0 aromatic heterocycles. The molecular weight excluding hydrogens is 244 g/mol. The zero-order valence-electron chi connectivity index (χ0n) is 10.9. The highest BCUT2D eigenvalue weighted by atomic mass is 16.4. The molecule has 102 valence electrons. The zero-order chi connectivity index (χ0) is 13.8. The topological polar surface area (TPSA) is 69.6 Å². The fourth-order valence-electron chi connectivity index (χ4n) is 2.24. The van der Waals surface area contributed by atoms with E-state index in [1.165, 1.54) is 4.90 Å². The number of nitrogens with zero attached hydrogens (tertiary/aromatic N) is 1. The molecule has 1 heterocycles. The van der Waals surface area contributed by atoms with Crippen LogP contribution in [0.15, 0.2) is 24.3 Å². The van der Waals surface area contributed by atoms with Crippen LogP contribution in [0.1, 0.15) is 18.4 Å². The van der Waals surface area contributed by atoms with Crippen LogP contribution in [0.4, 0.5) is 5.69 Å². The number of carbonyl (C=O) groups is 2. The Hall–Kier alpha value is -1.88. The molecule has 2 rings (SSSR count). The van der Waals surface area contributed by atoms with Gasteiger partial charge < -0.3 is 10.4 Å². The van der Waals surface area contributed by atoms with Gasteiger partial charge in [-0.1, -0.05) is 17.7 Å². The van der Waals surface area contributed by atoms with Gasteiger partial charge in [-0.05, 0) is 38.4 Å². The fourth-order valence-corrected chi connectivity index (χ4v) is 2.24. The Morgan fingerprint density at radius 2 is 2.05 bits per heavy atom. The summed E-state index contributed by atoms with van der Waals surface area (Å²) in [7, 11) is 0. The van der Waals surface area contributed by atoms with Crippen molar-refractivity contribution in [2.45, 2.75) is 25.8 Å². The van der Waals surface area contributed by atoms with Crippen molar-refractivity contribution < 1.29 is 14.7 Å². The molecule has 0 bridgehead atoms. The first kappa shape index (κ1) is 13.5. The Morgan fingerprint density at radius 1 is 1.37 bits per heavy atom. The summed E-state index contributed by atoms with van der Waals surface area (Å²) in [5.74, 6) is -1.17. The van der Waals surface area contributed by atoms with Crippen LogP contribution in [0.3, 0.4) is 0 Å². The second kappa shape index (κ2) is 5.84. The van der Waals surface area contributed by atoms with Crippen LogP contribution in [0.2, 0.25) is 0 Å². The van der Waals surface area contributed by atoms with E-state index in [4.69, 9.17) is 5.11 Å². The van der Waals surface area contributed by atoms with Crippen molar-refractivity contribution in [3.63, 3.8) is 0 Å². The molecule has 1 aliphatic rings. The first-order chi connectivity index (χ1) is 9.08. The van der Waals surface area contributed by atoms with Gasteiger partial charge in [0.1, 0.15) is 6.54 Å². The molecule has 5 nitrogen and oxygen atoms in total. The molecule has 2 N–H and O–H groups in total. The Kier molecular flexibility index (Phi) is 4.16. The molecule has 0 radical (unpaired) electrons. The van der Waals surface area contributed by atoms with E-state index in [0.717, 1.165) is 24.9 Å². The predicted octanol–water partition coefficient (Wildman–Crippen LogP) is 1.16. The minimum Gasteiger partial charge on any atom is -0.480 e. The number of benzene rings is 1. The van der Waals surface area contributed by atoms with Gasteiger partial charge in [0.05, 0.1) is 6.04 Å². The van der Waals surface area contributed by atoms with E-state index in [1.807, 2.05) is 19.1 Å². The summed E-state index contributed by atoms with van der Waals surface area (Å²) in [5, 5.41) is 12.1. The number of amides is 1. The van der Waals surface area contributed by atoms with Crippen molar-refractivity contribution >= 4 is 17.6 Å². The van der Waals surface area contributed by atoms with Crippen molar-refractivity contribution in [3.8, 4) is 0 Å². The lowest BCUT2D eigenvalue weighted by atomic mass is 10.1. The third kappa shape index (κ3) is 3.32. The molecule has 19 heavy (non-hydrogen) atoms. The third-order valence-electron chi connectivity index (χ3n) is 3.26. The minimum absolute atomic E-state index is 0.163. The molecule has 1 fully saturated rings. The normalized spacial score (nSPS) is 18.3. The number of aliphatic carboxylic acids is 1. The van der Waals surface area contributed by atoms with Crippen molar-refractivity contribution in [2.24, 2.45) is 0 Å². The summed E-state index contributed by atoms with van der Waals surface area (Å²) in [5.41, 5.74) is 1.71. The summed E-state index contributed by atoms with van der Waals surface area (Å²) >= 11 is 0. The average Bonchev–Trinajstić information content (AvgIpc) is 2.90. The highest BCUT2D eigenvalue weighted by Crippen LogP contribution is 2.18. The molecule has 1 aromatic rings. The standard InChI is InChI=1S/C14H18N2O3/c1-10-4-6-11(7-5-10)16(9-13(17)18)14(19)12-3-2-8-15-12/h4-7,12,15H,2-3,8-9H2,1H3,(H,17,18). The molecule has 1 aromatic carbocycles. The maximum Gasteiger partial charge on any atom is 0.323 e. The van der Waals surface area contributed by atoms with Crippen molar-refractivity contribution in [1.82, 2.24) is 5.32 Å². The van der Waals surface area contributed by atoms with E-state index in [-0.39, 0.29) is 18.5 Å². The number of aryl methyl sites for hydroxylation is 1. The minimum atomic E-state index is -1.01. The fraction of sp³-hybridized carbons (Fsp3) is 0.429. The molecule has 1 unspecified atom stereocenters. The first-order valence-electron chi connectivity index (χ1n) is 6.41. The van der Waals surface area contributed by atoms with Crippen LogP contribution >= 0.6 is 0 Å². The molecule has 0 saturated carbocycles. The SMILES string of the molecule is Cc1ccc(N(CC(=O)O)C(=O)C2CCCN2)cc1. The van der Waals surface area contributed by atoms with E-state index in [0.29, 0.717) is 5.69 Å². The molecule has 0 spiro atoms. The van der Waals surface area contributed by atoms with Crippen LogP contribution in [-0.4, -0.2) is 36.1 Å². The lowest BCUT2D eigenvalue weighted by molar-refractivity contribution is -0.136. The first-order valence-corrected chi connectivity index (χ1v) is 6.41. The Bertz CT molecular complexity index is 464. The average molecular weight is 262 g/mol. The number of nitrogens with one attached hydrogen (secondary N) is 1. The number of anilines is 1. The van der Waals surface area contributed by atoms with Gasteiger partial charge in [-0.25, -0.2) is 0 Å². The van der Waals surface area contributed by atoms with E-state index in [9.17, 15) is 9.59 Å². The number of hydrogen-bond acceptors (Lipinski definition) is 3. The van der Waals surface area contributed by atoms with Gasteiger partial charge in [-0.15, -0.1) is 0 Å². The number of carboxylic acid groups (broad SMARTS) is 1. The quantitative estimate of drug-likeness (QED) is 0.854. The molecule has 1 amide bonds. The lowest BCUT2D eigenvalue weighted by Gasteiger charge is -2.24. The van der Waals surface area contributed by atoms with E-state index in [1.54, 1.807) is 12.1 Å². The molecule has 0 aliphatic carbocycles. The third-order valence-corrected chi connectivity index (χ3v) is 3.26. The Labute approximate surface area is 112 Å². The summed E-state index contributed by atoms with van der Waals surface area (Å²) < 4.78 is 0. The zero-order valence-corrected chi connectivity index (χ0v) is 10.9. The summed E-state index contributed by atoms with van der Waals surface area (Å²) in [6, 6.07) is 7.05. The number of hydrogen-bond donors (Lipinski definition) is 2. The molecular formula is C14H18N2O3. The van der Waals surface area contributed by atoms with Crippen LogP contribution in [0, 0.1) is 6.92 Å². The van der Waals surface area contributed by atoms with Gasteiger partial charge in [-0.2, -0.15) is 0 Å². The van der Waals surface area contributed by atoms with Gasteiger partial charge >= 0.3 is 5.97 Å². The Morgan fingerprint density at radius 3 is 2.58 bits per heavy atom. The molecule has 1 atom stereocenters. The predicted molar refractivity (Wildman–Crippen MR) is 72.2 cm³/mol. The maximum atomic E-state index is 12.4. The maximum absolute atomic E-state index is 12.4. The largest absolute Gasteiger partial charge is 0.480 e. The summed E-state index contributed by atoms with van der Waals surface area (Å²) in [4.78, 5) is 24.7. The van der Waals surface area contributed by atoms with E-state index < -0.39 is 5.97 Å². The second-order valence-electron chi connectivity index (χ2n) is 4.80. The van der Waals surface area contributed by atoms with Gasteiger partial charge in [0, 0.05) is 5.69 Å². The van der Waals surface area contributed by atoms with Crippen molar-refractivity contribution in [1.29, 1.82) is 0 Å². The van der Waals surface area contributed by atoms with Gasteiger partial charge in [0.15, 0.2) is 0 Å². The highest BCUT2D eigenvalue weighted by molar-refractivity contribution is 6.00. The van der Waals surface area contributed by atoms with Gasteiger partial charge in [0.2, 0.25) is 5.91 Å². The van der Waals surface area contributed by atoms with E-state index >= 15 is 0 Å². The molecule has 1 aliphatic heterocycles. The van der Waals surface area contributed by atoms with Gasteiger partial charge in [0.25, 0.3) is 0 Å². The van der Waals surface area contributed by atoms with Crippen LogP contribution < -0.4 is 10.2 Å². The monoisotopic (exact) mass is 262 g/mol. The lowest BCUT2D eigenvalue weighted by Crippen LogP contribution is -2.46. The highest BCUT2D eigenvalue weighted by Gasteiger charge is 2.28. The molecule has 1 saturated heterocycles. The molecule has 5 heteroatoms. The number of carbonyl (C=O) groups excluding carboxylic acids is 1. The van der Waals surface area contributed by atoms with E-state index in [2.05, 4.69) is 5.32 Å². The number of rotatable bonds is 4. The smallest absolute Gasteiger partial charge is 0.323 e. The van der Waals surface area contributed by atoms with Crippen LogP contribution in [0.5, 0.6) is 0 Å². The van der Waals surface area contributed by atoms with Gasteiger partial charge in [-0.3, -0.25) is 14.5 Å². The van der Waals surface area contributed by atoms with Crippen molar-refractivity contribution in [3.05, 3.63) is 29.8 Å². The number of carboxylic acids is 1. The summed E-state index contributed by atoms with van der Waals surface area (Å²) in [6.07, 6.45) is 1.71. The second-order valence-corrected chi connectivity index (χ2v) is 4.80.